The topological polar surface area (TPSA) is 168 Å². The predicted octanol–water partition coefficient (Wildman–Crippen LogP) is -1.93. The van der Waals surface area contributed by atoms with E-state index in [4.69, 9.17) is 23.7 Å². The van der Waals surface area contributed by atoms with E-state index in [0.717, 1.165) is 5.56 Å². The van der Waals surface area contributed by atoms with Crippen molar-refractivity contribution in [3.8, 4) is 11.5 Å². The monoisotopic (exact) mass is 458 g/mol. The second kappa shape index (κ2) is 10.4. The summed E-state index contributed by atoms with van der Waals surface area (Å²) in [6, 6.07) is 5.13. The van der Waals surface area contributed by atoms with Crippen LogP contribution in [-0.4, -0.2) is 106 Å². The molecule has 1 aromatic carbocycles. The van der Waals surface area contributed by atoms with Gasteiger partial charge in [0.1, 0.15) is 36.1 Å². The van der Waals surface area contributed by atoms with Crippen molar-refractivity contribution in [2.75, 3.05) is 26.9 Å². The largest absolute Gasteiger partial charge is 0.493 e. The number of rotatable bonds is 9. The lowest BCUT2D eigenvalue weighted by molar-refractivity contribution is -0.289. The van der Waals surface area contributed by atoms with Gasteiger partial charge in [-0.1, -0.05) is 12.1 Å². The molecule has 0 amide bonds. The summed E-state index contributed by atoms with van der Waals surface area (Å²) in [5.41, 5.74) is -0.944. The van der Waals surface area contributed by atoms with E-state index in [0.29, 0.717) is 12.2 Å². The fourth-order valence-corrected chi connectivity index (χ4v) is 3.50. The van der Waals surface area contributed by atoms with Crippen LogP contribution < -0.4 is 9.47 Å². The molecule has 6 N–H and O–H groups in total. The maximum atomic E-state index is 10.3. The summed E-state index contributed by atoms with van der Waals surface area (Å²) < 4.78 is 27.2. The third kappa shape index (κ3) is 5.06. The third-order valence-corrected chi connectivity index (χ3v) is 5.52. The minimum atomic E-state index is -1.87. The molecule has 0 radical (unpaired) electrons. The summed E-state index contributed by atoms with van der Waals surface area (Å²) in [6.45, 7) is 2.23. The summed E-state index contributed by atoms with van der Waals surface area (Å²) in [5, 5.41) is 60.2. The van der Waals surface area contributed by atoms with Crippen molar-refractivity contribution in [1.29, 1.82) is 0 Å². The highest BCUT2D eigenvalue weighted by Crippen LogP contribution is 2.33. The lowest BCUT2D eigenvalue weighted by Gasteiger charge is -2.40. The Morgan fingerprint density at radius 2 is 1.88 bits per heavy atom. The number of benzene rings is 1. The number of ether oxygens (including phenoxy) is 5. The molecule has 1 aromatic rings. The molecule has 3 rings (SSSR count). The van der Waals surface area contributed by atoms with E-state index in [-0.39, 0.29) is 19.0 Å². The van der Waals surface area contributed by atoms with Gasteiger partial charge in [-0.3, -0.25) is 0 Å². The molecule has 0 spiro atoms. The van der Waals surface area contributed by atoms with Crippen molar-refractivity contribution in [2.45, 2.75) is 55.1 Å². The first-order valence-corrected chi connectivity index (χ1v) is 10.1. The maximum absolute atomic E-state index is 10.3. The van der Waals surface area contributed by atoms with Crippen LogP contribution in [0.4, 0.5) is 0 Å². The summed E-state index contributed by atoms with van der Waals surface area (Å²) >= 11 is 0. The van der Waals surface area contributed by atoms with E-state index < -0.39 is 55.3 Å². The molecule has 32 heavy (non-hydrogen) atoms. The van der Waals surface area contributed by atoms with Crippen LogP contribution in [0.1, 0.15) is 5.56 Å². The number of hydrogen-bond acceptors (Lipinski definition) is 11. The molecule has 2 fully saturated rings. The van der Waals surface area contributed by atoms with Crippen molar-refractivity contribution in [3.63, 3.8) is 0 Å². The van der Waals surface area contributed by atoms with Crippen LogP contribution in [0.25, 0.3) is 0 Å². The van der Waals surface area contributed by atoms with E-state index in [1.165, 1.54) is 7.11 Å². The molecule has 2 aliphatic heterocycles. The zero-order valence-corrected chi connectivity index (χ0v) is 17.6. The summed E-state index contributed by atoms with van der Waals surface area (Å²) in [4.78, 5) is 0. The van der Waals surface area contributed by atoms with Gasteiger partial charge in [-0.05, 0) is 24.1 Å². The van der Waals surface area contributed by atoms with Crippen molar-refractivity contribution < 1.29 is 54.3 Å². The van der Waals surface area contributed by atoms with Crippen LogP contribution in [0.5, 0.6) is 11.5 Å². The number of aliphatic hydroxyl groups is 6. The van der Waals surface area contributed by atoms with E-state index in [9.17, 15) is 30.6 Å². The number of allylic oxidation sites excluding steroid dienone is 1. The smallest absolute Gasteiger partial charge is 0.229 e. The molecule has 0 saturated carbocycles. The lowest BCUT2D eigenvalue weighted by atomic mass is 9.99. The first-order chi connectivity index (χ1) is 15.2. The van der Waals surface area contributed by atoms with Gasteiger partial charge in [0.2, 0.25) is 6.29 Å². The Labute approximate surface area is 185 Å². The van der Waals surface area contributed by atoms with E-state index in [1.807, 2.05) is 0 Å². The normalized spacial score (nSPS) is 37.3. The summed E-state index contributed by atoms with van der Waals surface area (Å²) in [6.07, 6.45) is -7.73. The van der Waals surface area contributed by atoms with Gasteiger partial charge in [0, 0.05) is 0 Å². The Bertz CT molecular complexity index is 774. The molecule has 0 aliphatic carbocycles. The quantitative estimate of drug-likeness (QED) is 0.228. The van der Waals surface area contributed by atoms with Gasteiger partial charge in [-0.25, -0.2) is 0 Å². The molecule has 2 heterocycles. The van der Waals surface area contributed by atoms with Gasteiger partial charge in [-0.15, -0.1) is 6.58 Å². The standard InChI is InChI=1S/C21H30O11/c1-3-4-11-5-6-12(13(7-11)28-2)31-19-17(25)16(24)15(23)14(32-19)8-29-20-18(26)21(27,9-22)10-30-20/h3,5-7,14-20,22-27H,1,4,8-10H2,2H3/t14-,15-,16+,17-,18+,19-,20-,21-/m1/s1. The molecule has 11 nitrogen and oxygen atoms in total. The molecule has 0 aromatic heterocycles. The van der Waals surface area contributed by atoms with Crippen LogP contribution in [-0.2, 0) is 20.6 Å². The molecule has 11 heteroatoms. The van der Waals surface area contributed by atoms with Gasteiger partial charge in [0.25, 0.3) is 0 Å². The highest BCUT2D eigenvalue weighted by molar-refractivity contribution is 5.43. The highest BCUT2D eigenvalue weighted by atomic mass is 16.7. The minimum absolute atomic E-state index is 0.246. The molecule has 180 valence electrons. The molecular weight excluding hydrogens is 428 g/mol. The molecule has 0 unspecified atom stereocenters. The maximum Gasteiger partial charge on any atom is 0.229 e. The fraction of sp³-hybridized carbons (Fsp3) is 0.619. The third-order valence-electron chi connectivity index (χ3n) is 5.52. The second-order valence-electron chi connectivity index (χ2n) is 7.83. The molecular formula is C21H30O11. The summed E-state index contributed by atoms with van der Waals surface area (Å²) in [5.74, 6) is 0.620. The van der Waals surface area contributed by atoms with Gasteiger partial charge in [0.15, 0.2) is 17.8 Å². The highest BCUT2D eigenvalue weighted by Gasteiger charge is 2.50. The van der Waals surface area contributed by atoms with Crippen LogP contribution >= 0.6 is 0 Å². The Morgan fingerprint density at radius 3 is 2.50 bits per heavy atom. The number of aliphatic hydroxyl groups excluding tert-OH is 5. The Balaban J connectivity index is 1.67. The lowest BCUT2D eigenvalue weighted by Crippen LogP contribution is -2.60. The molecule has 0 bridgehead atoms. The van der Waals surface area contributed by atoms with Gasteiger partial charge in [-0.2, -0.15) is 0 Å². The van der Waals surface area contributed by atoms with E-state index in [2.05, 4.69) is 6.58 Å². The fourth-order valence-electron chi connectivity index (χ4n) is 3.50. The van der Waals surface area contributed by atoms with E-state index >= 15 is 0 Å². The van der Waals surface area contributed by atoms with Crippen molar-refractivity contribution in [2.24, 2.45) is 0 Å². The second-order valence-corrected chi connectivity index (χ2v) is 7.83. The van der Waals surface area contributed by atoms with E-state index in [1.54, 1.807) is 24.3 Å². The predicted molar refractivity (Wildman–Crippen MR) is 108 cm³/mol. The van der Waals surface area contributed by atoms with Crippen molar-refractivity contribution in [1.82, 2.24) is 0 Å². The SMILES string of the molecule is C=CCc1ccc(O[C@@H]2O[C@H](CO[C@@H]3OC[C@](O)(CO)[C@H]3O)[C@@H](O)[C@H](O)[C@H]2O)c(OC)c1. The van der Waals surface area contributed by atoms with Gasteiger partial charge in [0.05, 0.1) is 26.9 Å². The first kappa shape index (κ1) is 24.8. The molecule has 2 saturated heterocycles. The molecule has 8 atom stereocenters. The zero-order valence-electron chi connectivity index (χ0n) is 17.6. The number of hydrogen-bond donors (Lipinski definition) is 6. The van der Waals surface area contributed by atoms with Crippen LogP contribution in [0.15, 0.2) is 30.9 Å². The summed E-state index contributed by atoms with van der Waals surface area (Å²) in [7, 11) is 1.45. The van der Waals surface area contributed by atoms with Crippen LogP contribution in [0.3, 0.4) is 0 Å². The van der Waals surface area contributed by atoms with Crippen molar-refractivity contribution in [3.05, 3.63) is 36.4 Å². The van der Waals surface area contributed by atoms with Crippen molar-refractivity contribution >= 4 is 0 Å². The van der Waals surface area contributed by atoms with Crippen LogP contribution in [0.2, 0.25) is 0 Å². The Kier molecular flexibility index (Phi) is 8.09. The van der Waals surface area contributed by atoms with Gasteiger partial charge < -0.3 is 54.3 Å². The Hall–Kier alpha value is -1.80. The minimum Gasteiger partial charge on any atom is -0.493 e. The first-order valence-electron chi connectivity index (χ1n) is 10.1. The molecule has 2 aliphatic rings. The van der Waals surface area contributed by atoms with Gasteiger partial charge >= 0.3 is 0 Å². The Morgan fingerprint density at radius 1 is 1.12 bits per heavy atom. The average molecular weight is 458 g/mol. The zero-order chi connectivity index (χ0) is 23.5. The average Bonchev–Trinajstić information content (AvgIpc) is 3.08. The van der Waals surface area contributed by atoms with Crippen LogP contribution in [0, 0.1) is 0 Å². The number of methoxy groups -OCH3 is 1.